The zero-order valence-corrected chi connectivity index (χ0v) is 10.8. The Bertz CT molecular complexity index is 720. The molecular weight excluding hydrogens is 234 g/mol. The number of nitrogens with zero attached hydrogens (tertiary/aromatic N) is 1. The standard InChI is InChI=1S/C17H15NO/c1-2-14-17(19)16(12-8-4-3-5-9-12)13-10-6-7-11-15(13)18-14/h3-11,19H,2H2,1H3. The van der Waals surface area contributed by atoms with Crippen LogP contribution in [0.3, 0.4) is 0 Å². The van der Waals surface area contributed by atoms with Crippen molar-refractivity contribution in [1.82, 2.24) is 4.98 Å². The van der Waals surface area contributed by atoms with Gasteiger partial charge in [0.05, 0.1) is 11.2 Å². The lowest BCUT2D eigenvalue weighted by Gasteiger charge is -2.12. The molecule has 94 valence electrons. The minimum Gasteiger partial charge on any atom is -0.505 e. The third kappa shape index (κ3) is 1.95. The number of aromatic hydroxyl groups is 1. The van der Waals surface area contributed by atoms with Crippen molar-refractivity contribution in [2.75, 3.05) is 0 Å². The quantitative estimate of drug-likeness (QED) is 0.739. The molecule has 1 heterocycles. The van der Waals surface area contributed by atoms with Crippen molar-refractivity contribution in [2.45, 2.75) is 13.3 Å². The van der Waals surface area contributed by atoms with Crippen molar-refractivity contribution in [1.29, 1.82) is 0 Å². The van der Waals surface area contributed by atoms with Crippen LogP contribution in [0.25, 0.3) is 22.0 Å². The van der Waals surface area contributed by atoms with E-state index in [1.165, 1.54) is 0 Å². The molecule has 3 aromatic rings. The lowest BCUT2D eigenvalue weighted by molar-refractivity contribution is 0.468. The van der Waals surface area contributed by atoms with Gasteiger partial charge in [-0.3, -0.25) is 0 Å². The van der Waals surface area contributed by atoms with Crippen LogP contribution in [0.15, 0.2) is 54.6 Å². The minimum atomic E-state index is 0.299. The first-order chi connectivity index (χ1) is 9.31. The largest absolute Gasteiger partial charge is 0.505 e. The smallest absolute Gasteiger partial charge is 0.145 e. The Balaban J connectivity index is 2.41. The maximum absolute atomic E-state index is 10.5. The summed E-state index contributed by atoms with van der Waals surface area (Å²) in [5, 5.41) is 11.5. The molecule has 0 amide bonds. The summed E-state index contributed by atoms with van der Waals surface area (Å²) >= 11 is 0. The lowest BCUT2D eigenvalue weighted by Crippen LogP contribution is -1.93. The average Bonchev–Trinajstić information content (AvgIpc) is 2.47. The van der Waals surface area contributed by atoms with Crippen LogP contribution >= 0.6 is 0 Å². The molecular formula is C17H15NO. The maximum atomic E-state index is 10.5. The fourth-order valence-electron chi connectivity index (χ4n) is 2.40. The van der Waals surface area contributed by atoms with Gasteiger partial charge in [-0.15, -0.1) is 0 Å². The van der Waals surface area contributed by atoms with E-state index in [1.807, 2.05) is 61.5 Å². The van der Waals surface area contributed by atoms with Gasteiger partial charge in [0.2, 0.25) is 0 Å². The number of hydrogen-bond donors (Lipinski definition) is 1. The zero-order chi connectivity index (χ0) is 13.2. The third-order valence-corrected chi connectivity index (χ3v) is 3.34. The molecule has 0 spiro atoms. The Hall–Kier alpha value is -2.35. The summed E-state index contributed by atoms with van der Waals surface area (Å²) < 4.78 is 0. The summed E-state index contributed by atoms with van der Waals surface area (Å²) in [6, 6.07) is 17.9. The average molecular weight is 249 g/mol. The van der Waals surface area contributed by atoms with E-state index in [2.05, 4.69) is 4.98 Å². The molecule has 0 aliphatic carbocycles. The first kappa shape index (κ1) is 11.7. The van der Waals surface area contributed by atoms with Crippen LogP contribution in [0.5, 0.6) is 5.75 Å². The zero-order valence-electron chi connectivity index (χ0n) is 10.8. The van der Waals surface area contributed by atoms with Gasteiger partial charge in [0.1, 0.15) is 5.75 Å². The van der Waals surface area contributed by atoms with E-state index in [-0.39, 0.29) is 0 Å². The highest BCUT2D eigenvalue weighted by Crippen LogP contribution is 2.37. The maximum Gasteiger partial charge on any atom is 0.145 e. The van der Waals surface area contributed by atoms with E-state index in [0.717, 1.165) is 34.1 Å². The number of aromatic nitrogens is 1. The van der Waals surface area contributed by atoms with Gasteiger partial charge in [-0.2, -0.15) is 0 Å². The number of aryl methyl sites for hydroxylation is 1. The fraction of sp³-hybridized carbons (Fsp3) is 0.118. The molecule has 2 nitrogen and oxygen atoms in total. The van der Waals surface area contributed by atoms with Gasteiger partial charge < -0.3 is 5.11 Å². The molecule has 0 radical (unpaired) electrons. The van der Waals surface area contributed by atoms with Gasteiger partial charge in [0.15, 0.2) is 0 Å². The van der Waals surface area contributed by atoms with E-state index < -0.39 is 0 Å². The third-order valence-electron chi connectivity index (χ3n) is 3.34. The number of hydrogen-bond acceptors (Lipinski definition) is 2. The molecule has 1 aromatic heterocycles. The van der Waals surface area contributed by atoms with Crippen LogP contribution in [0, 0.1) is 0 Å². The Morgan fingerprint density at radius 3 is 2.37 bits per heavy atom. The summed E-state index contributed by atoms with van der Waals surface area (Å²) in [7, 11) is 0. The Morgan fingerprint density at radius 2 is 1.63 bits per heavy atom. The molecule has 3 rings (SSSR count). The summed E-state index contributed by atoms with van der Waals surface area (Å²) in [6.45, 7) is 2.01. The molecule has 2 aromatic carbocycles. The molecule has 0 saturated heterocycles. The number of benzene rings is 2. The van der Waals surface area contributed by atoms with Crippen molar-refractivity contribution in [3.8, 4) is 16.9 Å². The second-order valence-corrected chi connectivity index (χ2v) is 4.52. The monoisotopic (exact) mass is 249 g/mol. The molecule has 19 heavy (non-hydrogen) atoms. The molecule has 0 saturated carbocycles. The number of fused-ring (bicyclic) bond motifs is 1. The van der Waals surface area contributed by atoms with Gasteiger partial charge in [0, 0.05) is 10.9 Å². The van der Waals surface area contributed by atoms with Crippen molar-refractivity contribution in [3.05, 3.63) is 60.3 Å². The van der Waals surface area contributed by atoms with Crippen molar-refractivity contribution in [2.24, 2.45) is 0 Å². The van der Waals surface area contributed by atoms with E-state index in [0.29, 0.717) is 5.75 Å². The van der Waals surface area contributed by atoms with Crippen LogP contribution in [-0.4, -0.2) is 10.1 Å². The van der Waals surface area contributed by atoms with Crippen molar-refractivity contribution in [3.63, 3.8) is 0 Å². The van der Waals surface area contributed by atoms with Gasteiger partial charge >= 0.3 is 0 Å². The fourth-order valence-corrected chi connectivity index (χ4v) is 2.40. The Kier molecular flexibility index (Phi) is 2.92. The Morgan fingerprint density at radius 1 is 0.947 bits per heavy atom. The van der Waals surface area contributed by atoms with Gasteiger partial charge in [0.25, 0.3) is 0 Å². The number of para-hydroxylation sites is 1. The second kappa shape index (κ2) is 4.73. The number of rotatable bonds is 2. The van der Waals surface area contributed by atoms with E-state index in [9.17, 15) is 5.11 Å². The highest BCUT2D eigenvalue weighted by molar-refractivity contribution is 5.98. The molecule has 0 atom stereocenters. The van der Waals surface area contributed by atoms with E-state index in [1.54, 1.807) is 0 Å². The van der Waals surface area contributed by atoms with Crippen LogP contribution < -0.4 is 0 Å². The predicted molar refractivity (Wildman–Crippen MR) is 78.2 cm³/mol. The predicted octanol–water partition coefficient (Wildman–Crippen LogP) is 4.17. The molecule has 0 aliphatic heterocycles. The normalized spacial score (nSPS) is 10.8. The molecule has 0 aliphatic rings. The van der Waals surface area contributed by atoms with Crippen LogP contribution in [-0.2, 0) is 6.42 Å². The molecule has 0 unspecified atom stereocenters. The van der Waals surface area contributed by atoms with Gasteiger partial charge in [-0.05, 0) is 18.1 Å². The van der Waals surface area contributed by atoms with Gasteiger partial charge in [-0.1, -0.05) is 55.5 Å². The lowest BCUT2D eigenvalue weighted by atomic mass is 9.98. The summed E-state index contributed by atoms with van der Waals surface area (Å²) in [4.78, 5) is 4.53. The van der Waals surface area contributed by atoms with Gasteiger partial charge in [-0.25, -0.2) is 4.98 Å². The molecule has 0 bridgehead atoms. The highest BCUT2D eigenvalue weighted by atomic mass is 16.3. The van der Waals surface area contributed by atoms with Crippen molar-refractivity contribution < 1.29 is 5.11 Å². The molecule has 2 heteroatoms. The van der Waals surface area contributed by atoms with E-state index >= 15 is 0 Å². The van der Waals surface area contributed by atoms with Crippen LogP contribution in [0.4, 0.5) is 0 Å². The van der Waals surface area contributed by atoms with Crippen LogP contribution in [0.2, 0.25) is 0 Å². The Labute approximate surface area is 112 Å². The summed E-state index contributed by atoms with van der Waals surface area (Å²) in [5.41, 5.74) is 3.57. The minimum absolute atomic E-state index is 0.299. The van der Waals surface area contributed by atoms with E-state index in [4.69, 9.17) is 0 Å². The number of pyridine rings is 1. The highest BCUT2D eigenvalue weighted by Gasteiger charge is 2.14. The molecule has 1 N–H and O–H groups in total. The van der Waals surface area contributed by atoms with Crippen molar-refractivity contribution >= 4 is 10.9 Å². The summed E-state index contributed by atoms with van der Waals surface area (Å²) in [5.74, 6) is 0.299. The second-order valence-electron chi connectivity index (χ2n) is 4.52. The topological polar surface area (TPSA) is 33.1 Å². The molecule has 0 fully saturated rings. The summed E-state index contributed by atoms with van der Waals surface area (Å²) in [6.07, 6.45) is 0.719. The first-order valence-electron chi connectivity index (χ1n) is 6.47. The first-order valence-corrected chi connectivity index (χ1v) is 6.47. The SMILES string of the molecule is CCc1nc2ccccc2c(-c2ccccc2)c1O. The van der Waals surface area contributed by atoms with Crippen LogP contribution in [0.1, 0.15) is 12.6 Å².